The highest BCUT2D eigenvalue weighted by molar-refractivity contribution is 7.92. The number of hydrogen-bond acceptors (Lipinski definition) is 5. The van der Waals surface area contributed by atoms with E-state index in [4.69, 9.17) is 11.6 Å². The maximum Gasteiger partial charge on any atom is 0.264 e. The summed E-state index contributed by atoms with van der Waals surface area (Å²) in [5.41, 5.74) is 1.84. The highest BCUT2D eigenvalue weighted by Gasteiger charge is 2.34. The SMILES string of the molecule is O=C(Nc1ccc2c(c1)N(S(=O)(=O)c1ccc(Cl)cc1)CC2)[C@@H]1CCCN(S(=O)(=O)c2ccc3ccccc3c2)C1. The van der Waals surface area contributed by atoms with Crippen molar-refractivity contribution in [2.45, 2.75) is 29.1 Å². The van der Waals surface area contributed by atoms with Crippen LogP contribution in [0.5, 0.6) is 0 Å². The highest BCUT2D eigenvalue weighted by Crippen LogP contribution is 2.36. The van der Waals surface area contributed by atoms with E-state index in [1.807, 2.05) is 30.3 Å². The summed E-state index contributed by atoms with van der Waals surface area (Å²) in [4.78, 5) is 13.7. The quantitative estimate of drug-likeness (QED) is 0.320. The molecule has 6 rings (SSSR count). The second kappa shape index (κ2) is 10.8. The van der Waals surface area contributed by atoms with E-state index in [9.17, 15) is 21.6 Å². The molecule has 0 aromatic heterocycles. The molecule has 2 heterocycles. The van der Waals surface area contributed by atoms with Gasteiger partial charge in [-0.2, -0.15) is 4.31 Å². The number of nitrogens with one attached hydrogen (secondary N) is 1. The second-order valence-electron chi connectivity index (χ2n) is 10.3. The molecular weight excluding hydrogens is 582 g/mol. The molecule has 0 radical (unpaired) electrons. The molecule has 1 fully saturated rings. The van der Waals surface area contributed by atoms with E-state index < -0.39 is 26.0 Å². The highest BCUT2D eigenvalue weighted by atomic mass is 35.5. The van der Waals surface area contributed by atoms with E-state index in [0.717, 1.165) is 16.3 Å². The van der Waals surface area contributed by atoms with Gasteiger partial charge in [0.05, 0.1) is 21.4 Å². The molecule has 41 heavy (non-hydrogen) atoms. The van der Waals surface area contributed by atoms with Crippen molar-refractivity contribution in [2.75, 3.05) is 29.3 Å². The van der Waals surface area contributed by atoms with Crippen molar-refractivity contribution in [2.24, 2.45) is 5.92 Å². The lowest BCUT2D eigenvalue weighted by Crippen LogP contribution is -2.43. The number of carbonyl (C=O) groups is 1. The van der Waals surface area contributed by atoms with Gasteiger partial charge in [-0.3, -0.25) is 9.10 Å². The van der Waals surface area contributed by atoms with Crippen LogP contribution in [0.4, 0.5) is 11.4 Å². The smallest absolute Gasteiger partial charge is 0.264 e. The van der Waals surface area contributed by atoms with Gasteiger partial charge in [0.25, 0.3) is 10.0 Å². The summed E-state index contributed by atoms with van der Waals surface area (Å²) in [5, 5.41) is 5.14. The van der Waals surface area contributed by atoms with E-state index in [2.05, 4.69) is 5.32 Å². The fraction of sp³-hybridized carbons (Fsp3) is 0.233. The molecule has 1 amide bonds. The van der Waals surface area contributed by atoms with E-state index >= 15 is 0 Å². The molecule has 4 aromatic rings. The van der Waals surface area contributed by atoms with E-state index in [1.54, 1.807) is 30.3 Å². The average molecular weight is 610 g/mol. The van der Waals surface area contributed by atoms with Crippen LogP contribution >= 0.6 is 11.6 Å². The van der Waals surface area contributed by atoms with Gasteiger partial charge in [0, 0.05) is 30.3 Å². The zero-order valence-corrected chi connectivity index (χ0v) is 24.4. The van der Waals surface area contributed by atoms with Gasteiger partial charge in [0.2, 0.25) is 15.9 Å². The Kier molecular flexibility index (Phi) is 7.27. The maximum atomic E-state index is 13.5. The summed E-state index contributed by atoms with van der Waals surface area (Å²) < 4.78 is 56.4. The Bertz CT molecular complexity index is 1860. The lowest BCUT2D eigenvalue weighted by molar-refractivity contribution is -0.120. The van der Waals surface area contributed by atoms with Crippen LogP contribution in [0.2, 0.25) is 5.02 Å². The number of amides is 1. The van der Waals surface area contributed by atoms with Crippen LogP contribution in [0.1, 0.15) is 18.4 Å². The first-order valence-corrected chi connectivity index (χ1v) is 16.6. The van der Waals surface area contributed by atoms with E-state index in [0.29, 0.717) is 48.7 Å². The lowest BCUT2D eigenvalue weighted by atomic mass is 9.98. The first kappa shape index (κ1) is 27.7. The molecule has 1 N–H and O–H groups in total. The fourth-order valence-corrected chi connectivity index (χ4v) is 8.69. The number of sulfonamides is 2. The van der Waals surface area contributed by atoms with Crippen molar-refractivity contribution in [3.05, 3.63) is 95.5 Å². The van der Waals surface area contributed by atoms with Crippen molar-refractivity contribution in [1.29, 1.82) is 0 Å². The predicted molar refractivity (Wildman–Crippen MR) is 160 cm³/mol. The van der Waals surface area contributed by atoms with Crippen molar-refractivity contribution < 1.29 is 21.6 Å². The van der Waals surface area contributed by atoms with Crippen LogP contribution in [0, 0.1) is 5.92 Å². The van der Waals surface area contributed by atoms with Gasteiger partial charge in [-0.05, 0) is 84.1 Å². The van der Waals surface area contributed by atoms with Crippen molar-refractivity contribution in [3.8, 4) is 0 Å². The van der Waals surface area contributed by atoms with E-state index in [-0.39, 0.29) is 22.2 Å². The molecule has 4 aromatic carbocycles. The first-order valence-electron chi connectivity index (χ1n) is 13.3. The van der Waals surface area contributed by atoms with Gasteiger partial charge >= 0.3 is 0 Å². The molecular formula is C30H28ClN3O5S2. The second-order valence-corrected chi connectivity index (χ2v) is 14.6. The standard InChI is InChI=1S/C30H28ClN3O5S2/c31-25-9-13-27(14-10-25)41(38,39)34-17-15-22-7-11-26(19-29(22)34)32-30(35)24-6-3-16-33(20-24)40(36,37)28-12-8-21-4-1-2-5-23(21)18-28/h1-2,4-5,7-14,18-19,24H,3,6,15-17,20H2,(H,32,35)/t24-/m1/s1. The molecule has 2 aliphatic rings. The first-order chi connectivity index (χ1) is 19.6. The fourth-order valence-electron chi connectivity index (χ4n) is 5.51. The van der Waals surface area contributed by atoms with Crippen LogP contribution in [-0.2, 0) is 31.3 Å². The maximum absolute atomic E-state index is 13.5. The Labute approximate surface area is 244 Å². The Balaban J connectivity index is 1.18. The van der Waals surface area contributed by atoms with Gasteiger partial charge in [-0.25, -0.2) is 16.8 Å². The minimum atomic E-state index is -3.81. The number of hydrogen-bond donors (Lipinski definition) is 1. The third kappa shape index (κ3) is 5.32. The minimum Gasteiger partial charge on any atom is -0.326 e. The van der Waals surface area contributed by atoms with Crippen LogP contribution in [0.15, 0.2) is 94.7 Å². The lowest BCUT2D eigenvalue weighted by Gasteiger charge is -2.31. The number of carbonyl (C=O) groups excluding carboxylic acids is 1. The number of benzene rings is 4. The number of anilines is 2. The summed E-state index contributed by atoms with van der Waals surface area (Å²) >= 11 is 5.94. The largest absolute Gasteiger partial charge is 0.326 e. The number of halogens is 1. The minimum absolute atomic E-state index is 0.0724. The third-order valence-electron chi connectivity index (χ3n) is 7.72. The summed E-state index contributed by atoms with van der Waals surface area (Å²) in [6, 6.07) is 23.9. The van der Waals surface area contributed by atoms with Crippen molar-refractivity contribution >= 4 is 59.7 Å². The molecule has 212 valence electrons. The molecule has 11 heteroatoms. The zero-order chi connectivity index (χ0) is 28.8. The molecule has 8 nitrogen and oxygen atoms in total. The molecule has 2 aliphatic heterocycles. The van der Waals surface area contributed by atoms with Crippen molar-refractivity contribution in [1.82, 2.24) is 4.31 Å². The molecule has 1 atom stereocenters. The van der Waals surface area contributed by atoms with Crippen LogP contribution in [-0.4, -0.2) is 46.7 Å². The number of nitrogens with zero attached hydrogens (tertiary/aromatic N) is 2. The molecule has 0 unspecified atom stereocenters. The van der Waals surface area contributed by atoms with Crippen LogP contribution in [0.3, 0.4) is 0 Å². The molecule has 0 spiro atoms. The van der Waals surface area contributed by atoms with Gasteiger partial charge in [0.15, 0.2) is 0 Å². The summed E-state index contributed by atoms with van der Waals surface area (Å²) in [6.07, 6.45) is 1.67. The molecule has 0 bridgehead atoms. The number of rotatable bonds is 6. The summed E-state index contributed by atoms with van der Waals surface area (Å²) in [5.74, 6) is -0.838. The van der Waals surface area contributed by atoms with Gasteiger partial charge < -0.3 is 5.32 Å². The molecule has 0 saturated carbocycles. The van der Waals surface area contributed by atoms with Gasteiger partial charge in [-0.1, -0.05) is 48.0 Å². The Morgan fingerprint density at radius 1 is 0.805 bits per heavy atom. The molecule has 1 saturated heterocycles. The number of piperidine rings is 1. The Morgan fingerprint density at radius 2 is 1.54 bits per heavy atom. The Hall–Kier alpha value is -3.44. The van der Waals surface area contributed by atoms with Crippen molar-refractivity contribution in [3.63, 3.8) is 0 Å². The van der Waals surface area contributed by atoms with Gasteiger partial charge in [0.1, 0.15) is 0 Å². The van der Waals surface area contributed by atoms with Crippen LogP contribution < -0.4 is 9.62 Å². The van der Waals surface area contributed by atoms with Gasteiger partial charge in [-0.15, -0.1) is 0 Å². The normalized spacial score (nSPS) is 17.9. The summed E-state index contributed by atoms with van der Waals surface area (Å²) in [7, 11) is -7.59. The zero-order valence-electron chi connectivity index (χ0n) is 22.0. The monoisotopic (exact) mass is 609 g/mol. The Morgan fingerprint density at radius 3 is 2.32 bits per heavy atom. The number of fused-ring (bicyclic) bond motifs is 2. The predicted octanol–water partition coefficient (Wildman–Crippen LogP) is 5.28. The average Bonchev–Trinajstić information content (AvgIpc) is 3.41. The van der Waals surface area contributed by atoms with E-state index in [1.165, 1.54) is 32.9 Å². The summed E-state index contributed by atoms with van der Waals surface area (Å²) in [6.45, 7) is 0.709. The topological polar surface area (TPSA) is 104 Å². The van der Waals surface area contributed by atoms with Crippen LogP contribution in [0.25, 0.3) is 10.8 Å². The molecule has 0 aliphatic carbocycles. The third-order valence-corrected chi connectivity index (χ3v) is 11.7.